The van der Waals surface area contributed by atoms with Gasteiger partial charge >= 0.3 is 0 Å². The Morgan fingerprint density at radius 2 is 1.67 bits per heavy atom. The van der Waals surface area contributed by atoms with Crippen LogP contribution in [-0.2, 0) is 21.6 Å². The van der Waals surface area contributed by atoms with Crippen LogP contribution in [0.5, 0.6) is 17.2 Å². The summed E-state index contributed by atoms with van der Waals surface area (Å²) in [7, 11) is 0. The maximum absolute atomic E-state index is 13.1. The van der Waals surface area contributed by atoms with Crippen molar-refractivity contribution in [3.8, 4) is 23.3 Å². The predicted octanol–water partition coefficient (Wildman–Crippen LogP) is 5.49. The predicted molar refractivity (Wildman–Crippen MR) is 187 cm³/mol. The van der Waals surface area contributed by atoms with Gasteiger partial charge in [0, 0.05) is 18.0 Å². The number of ether oxygens (including phenoxy) is 3. The topological polar surface area (TPSA) is 161 Å². The van der Waals surface area contributed by atoms with E-state index in [1.165, 1.54) is 23.9 Å². The summed E-state index contributed by atoms with van der Waals surface area (Å²) < 4.78 is 17.6. The molecule has 2 aliphatic heterocycles. The number of carbonyl (C=O) groups excluding carboxylic acids is 4. The number of nitriles is 1. The first-order valence-corrected chi connectivity index (χ1v) is 17.5. The van der Waals surface area contributed by atoms with Gasteiger partial charge in [-0.25, -0.2) is 9.97 Å². The summed E-state index contributed by atoms with van der Waals surface area (Å²) in [6.07, 6.45) is 3.73. The van der Waals surface area contributed by atoms with Crippen LogP contribution < -0.4 is 19.5 Å². The number of carbonyl (C=O) groups is 4. The van der Waals surface area contributed by atoms with Gasteiger partial charge < -0.3 is 14.2 Å². The third kappa shape index (κ3) is 7.38. The van der Waals surface area contributed by atoms with Gasteiger partial charge in [-0.05, 0) is 72.3 Å². The molecule has 0 radical (unpaired) electrons. The minimum absolute atomic E-state index is 0.0264. The van der Waals surface area contributed by atoms with E-state index in [9.17, 15) is 24.4 Å². The Labute approximate surface area is 303 Å². The number of hydrogen-bond acceptors (Lipinski definition) is 11. The van der Waals surface area contributed by atoms with Gasteiger partial charge in [0.1, 0.15) is 43.4 Å². The minimum atomic E-state index is -1.06. The fourth-order valence-electron chi connectivity index (χ4n) is 5.87. The SMILES string of the molecule is CSc1nccc(COc2ccc(C(C)(C)c3cc(Cl)c(OCCOc4ccc5c(c4)C(=O)N(C4CCC(=O)NC4=O)C5=O)c(C#N)c3)cc2)n1. The Morgan fingerprint density at radius 3 is 2.39 bits per heavy atom. The average Bonchev–Trinajstić information content (AvgIpc) is 3.37. The summed E-state index contributed by atoms with van der Waals surface area (Å²) in [6.45, 7) is 4.45. The molecule has 3 heterocycles. The highest BCUT2D eigenvalue weighted by Gasteiger charge is 2.44. The summed E-state index contributed by atoms with van der Waals surface area (Å²) in [5.74, 6) is -1.14. The number of piperidine rings is 1. The molecule has 2 aliphatic rings. The quantitative estimate of drug-likeness (QED) is 0.0852. The van der Waals surface area contributed by atoms with E-state index in [-0.39, 0.29) is 53.5 Å². The third-order valence-electron chi connectivity index (χ3n) is 8.73. The Morgan fingerprint density at radius 1 is 0.941 bits per heavy atom. The molecular formula is C37H32ClN5O7S. The molecule has 0 saturated carbocycles. The molecule has 0 aliphatic carbocycles. The van der Waals surface area contributed by atoms with Crippen molar-refractivity contribution in [3.05, 3.63) is 105 Å². The van der Waals surface area contributed by atoms with Gasteiger partial charge in [-0.1, -0.05) is 49.3 Å². The lowest BCUT2D eigenvalue weighted by Gasteiger charge is -2.27. The van der Waals surface area contributed by atoms with E-state index in [0.717, 1.165) is 21.7 Å². The van der Waals surface area contributed by atoms with Gasteiger partial charge in [-0.2, -0.15) is 5.26 Å². The zero-order chi connectivity index (χ0) is 36.3. The number of hydrogen-bond donors (Lipinski definition) is 1. The molecule has 260 valence electrons. The number of benzene rings is 3. The number of nitrogens with one attached hydrogen (secondary N) is 1. The number of rotatable bonds is 12. The van der Waals surface area contributed by atoms with Crippen molar-refractivity contribution in [2.45, 2.75) is 49.9 Å². The van der Waals surface area contributed by atoms with Gasteiger partial charge in [-0.15, -0.1) is 0 Å². The van der Waals surface area contributed by atoms with E-state index < -0.39 is 35.1 Å². The van der Waals surface area contributed by atoms with Crippen LogP contribution in [0.25, 0.3) is 0 Å². The highest BCUT2D eigenvalue weighted by atomic mass is 35.5. The molecule has 3 aromatic carbocycles. The first-order chi connectivity index (χ1) is 24.5. The molecule has 1 aromatic heterocycles. The first-order valence-electron chi connectivity index (χ1n) is 15.9. The van der Waals surface area contributed by atoms with Crippen molar-refractivity contribution in [1.29, 1.82) is 5.26 Å². The molecule has 1 unspecified atom stereocenters. The Kier molecular flexibility index (Phi) is 10.3. The largest absolute Gasteiger partial charge is 0.490 e. The fraction of sp³-hybridized carbons (Fsp3) is 0.270. The van der Waals surface area contributed by atoms with Crippen molar-refractivity contribution in [2.24, 2.45) is 0 Å². The van der Waals surface area contributed by atoms with Crippen LogP contribution in [-0.4, -0.2) is 64.0 Å². The van der Waals surface area contributed by atoms with E-state index in [2.05, 4.69) is 21.4 Å². The van der Waals surface area contributed by atoms with Crippen LogP contribution >= 0.6 is 23.4 Å². The molecule has 1 fully saturated rings. The average molecular weight is 726 g/mol. The molecule has 4 amide bonds. The molecule has 51 heavy (non-hydrogen) atoms. The zero-order valence-corrected chi connectivity index (χ0v) is 29.5. The van der Waals surface area contributed by atoms with E-state index in [0.29, 0.717) is 23.3 Å². The number of imide groups is 2. The summed E-state index contributed by atoms with van der Waals surface area (Å²) in [6, 6.07) is 18.6. The highest BCUT2D eigenvalue weighted by Crippen LogP contribution is 2.39. The Hall–Kier alpha value is -5.45. The second kappa shape index (κ2) is 14.8. The summed E-state index contributed by atoms with van der Waals surface area (Å²) in [4.78, 5) is 59.4. The number of halogens is 1. The van der Waals surface area contributed by atoms with Gasteiger partial charge in [0.05, 0.1) is 27.4 Å². The van der Waals surface area contributed by atoms with E-state index in [4.69, 9.17) is 25.8 Å². The van der Waals surface area contributed by atoms with E-state index in [1.54, 1.807) is 24.4 Å². The molecule has 14 heteroatoms. The van der Waals surface area contributed by atoms with E-state index >= 15 is 0 Å². The highest BCUT2D eigenvalue weighted by molar-refractivity contribution is 7.98. The van der Waals surface area contributed by atoms with Gasteiger partial charge in [0.25, 0.3) is 11.8 Å². The van der Waals surface area contributed by atoms with Crippen molar-refractivity contribution < 1.29 is 33.4 Å². The Balaban J connectivity index is 1.07. The lowest BCUT2D eigenvalue weighted by Crippen LogP contribution is -2.54. The molecule has 1 atom stereocenters. The monoisotopic (exact) mass is 725 g/mol. The fourth-order valence-corrected chi connectivity index (χ4v) is 6.52. The second-order valence-corrected chi connectivity index (χ2v) is 13.5. The number of nitrogens with zero attached hydrogens (tertiary/aromatic N) is 4. The number of aromatic nitrogens is 2. The van der Waals surface area contributed by atoms with Crippen LogP contribution in [0.4, 0.5) is 0 Å². The van der Waals surface area contributed by atoms with E-state index in [1.807, 2.05) is 50.4 Å². The first kappa shape index (κ1) is 35.4. The van der Waals surface area contributed by atoms with Crippen molar-refractivity contribution in [2.75, 3.05) is 19.5 Å². The van der Waals surface area contributed by atoms with Gasteiger partial charge in [-0.3, -0.25) is 29.4 Å². The lowest BCUT2D eigenvalue weighted by atomic mass is 9.77. The van der Waals surface area contributed by atoms with Crippen molar-refractivity contribution >= 4 is 47.0 Å². The van der Waals surface area contributed by atoms with Gasteiger partial charge in [0.2, 0.25) is 11.8 Å². The van der Waals surface area contributed by atoms with Crippen LogP contribution in [0, 0.1) is 11.3 Å². The molecule has 12 nitrogen and oxygen atoms in total. The number of fused-ring (bicyclic) bond motifs is 1. The maximum Gasteiger partial charge on any atom is 0.262 e. The summed E-state index contributed by atoms with van der Waals surface area (Å²) in [5, 5.41) is 13.1. The summed E-state index contributed by atoms with van der Waals surface area (Å²) >= 11 is 8.14. The molecule has 1 N–H and O–H groups in total. The lowest BCUT2D eigenvalue weighted by molar-refractivity contribution is -0.136. The van der Waals surface area contributed by atoms with Crippen molar-refractivity contribution in [1.82, 2.24) is 20.2 Å². The van der Waals surface area contributed by atoms with Crippen molar-refractivity contribution in [3.63, 3.8) is 0 Å². The third-order valence-corrected chi connectivity index (χ3v) is 9.57. The normalized spacial score (nSPS) is 15.7. The van der Waals surface area contributed by atoms with Crippen LogP contribution in [0.1, 0.15) is 69.8 Å². The smallest absolute Gasteiger partial charge is 0.262 e. The Bertz CT molecular complexity index is 2080. The zero-order valence-electron chi connectivity index (χ0n) is 27.9. The summed E-state index contributed by atoms with van der Waals surface area (Å²) in [5.41, 5.74) is 2.57. The molecule has 1 saturated heterocycles. The minimum Gasteiger partial charge on any atom is -0.490 e. The molecule has 0 bridgehead atoms. The molecule has 4 aromatic rings. The van der Waals surface area contributed by atoms with Crippen LogP contribution in [0.15, 0.2) is 72.0 Å². The molecule has 0 spiro atoms. The molecule has 6 rings (SSSR count). The second-order valence-electron chi connectivity index (χ2n) is 12.3. The van der Waals surface area contributed by atoms with Gasteiger partial charge in [0.15, 0.2) is 10.9 Å². The number of thioether (sulfide) groups is 1. The number of amides is 4. The standard InChI is InChI=1S/C37H32ClN5O7S/c1-37(2,22-4-6-25(7-5-22)50-20-24-12-13-40-36(41-24)51-3)23-16-21(19-39)32(29(38)17-23)49-15-14-48-26-8-9-27-28(18-26)35(47)43(34(27)46)30-10-11-31(44)42-33(30)45/h4-9,12-13,16-18,30H,10-11,14-15,20H2,1-3H3,(H,42,44,45). The molecular weight excluding hydrogens is 694 g/mol. The van der Waals surface area contributed by atoms with Crippen LogP contribution in [0.2, 0.25) is 5.02 Å². The maximum atomic E-state index is 13.1. The van der Waals surface area contributed by atoms with Crippen LogP contribution in [0.3, 0.4) is 0 Å².